The lowest BCUT2D eigenvalue weighted by atomic mass is 10.1. The summed E-state index contributed by atoms with van der Waals surface area (Å²) in [4.78, 5) is 2.39. The minimum absolute atomic E-state index is 0.253. The molecule has 0 heterocycles. The monoisotopic (exact) mass is 228 g/mol. The third-order valence-electron chi connectivity index (χ3n) is 2.68. The van der Waals surface area contributed by atoms with Crippen molar-refractivity contribution < 1.29 is 0 Å². The molecule has 2 heteroatoms. The van der Waals surface area contributed by atoms with Gasteiger partial charge >= 0.3 is 0 Å². The first-order valence-corrected chi connectivity index (χ1v) is 6.47. The van der Waals surface area contributed by atoms with Crippen LogP contribution < -0.4 is 5.32 Å². The highest BCUT2D eigenvalue weighted by Gasteiger charge is 2.19. The van der Waals surface area contributed by atoms with Crippen LogP contribution in [0.3, 0.4) is 0 Å². The van der Waals surface area contributed by atoms with Crippen LogP contribution in [0, 0.1) is 0 Å². The van der Waals surface area contributed by atoms with E-state index in [2.05, 4.69) is 51.5 Å². The van der Waals surface area contributed by atoms with Crippen molar-refractivity contribution in [1.29, 1.82) is 0 Å². The molecule has 0 spiro atoms. The van der Waals surface area contributed by atoms with Crippen molar-refractivity contribution in [2.75, 3.05) is 20.1 Å². The second-order valence-corrected chi connectivity index (χ2v) is 4.85. The summed E-state index contributed by atoms with van der Waals surface area (Å²) >= 11 is 0. The fourth-order valence-corrected chi connectivity index (χ4v) is 1.19. The van der Waals surface area contributed by atoms with E-state index in [9.17, 15) is 0 Å². The molecule has 0 bridgehead atoms. The van der Waals surface area contributed by atoms with Gasteiger partial charge in [0.25, 0.3) is 0 Å². The highest BCUT2D eigenvalue weighted by molar-refractivity contribution is 4.80. The largest absolute Gasteiger partial charge is 0.309 e. The summed E-state index contributed by atoms with van der Waals surface area (Å²) in [5, 5.41) is 3.46. The van der Waals surface area contributed by atoms with Crippen molar-refractivity contribution in [3.63, 3.8) is 0 Å². The van der Waals surface area contributed by atoms with E-state index in [1.165, 1.54) is 0 Å². The lowest BCUT2D eigenvalue weighted by Crippen LogP contribution is -2.46. The molecule has 1 unspecified atom stereocenters. The molecule has 0 amide bonds. The molecule has 0 saturated carbocycles. The van der Waals surface area contributed by atoms with Gasteiger partial charge in [0.05, 0.1) is 0 Å². The summed E-state index contributed by atoms with van der Waals surface area (Å²) in [6.07, 6.45) is 3.08. The quantitative estimate of drug-likeness (QED) is 0.702. The first kappa shape index (κ1) is 18.0. The number of likely N-dealkylation sites (N-methyl/N-ethyl adjacent to an activating group) is 1. The molecule has 0 fully saturated rings. The van der Waals surface area contributed by atoms with Gasteiger partial charge in [-0.05, 0) is 34.2 Å². The average Bonchev–Trinajstić information content (AvgIpc) is 2.25. The molecule has 0 aliphatic carbocycles. The molecule has 0 aliphatic rings. The molecule has 0 aromatic carbocycles. The number of hydrogen-bond acceptors (Lipinski definition) is 2. The zero-order valence-corrected chi connectivity index (χ0v) is 12.4. The summed E-state index contributed by atoms with van der Waals surface area (Å²) in [5.74, 6) is 0. The summed E-state index contributed by atoms with van der Waals surface area (Å²) < 4.78 is 0. The third kappa shape index (κ3) is 8.93. The maximum absolute atomic E-state index is 3.72. The van der Waals surface area contributed by atoms with Crippen molar-refractivity contribution >= 4 is 0 Å². The molecule has 98 valence electrons. The van der Waals surface area contributed by atoms with Crippen LogP contribution in [-0.2, 0) is 0 Å². The van der Waals surface area contributed by atoms with Crippen LogP contribution in [-0.4, -0.2) is 36.6 Å². The van der Waals surface area contributed by atoms with E-state index in [-0.39, 0.29) is 5.54 Å². The highest BCUT2D eigenvalue weighted by Crippen LogP contribution is 2.11. The van der Waals surface area contributed by atoms with Crippen LogP contribution in [0.5, 0.6) is 0 Å². The lowest BCUT2D eigenvalue weighted by Gasteiger charge is -2.34. The van der Waals surface area contributed by atoms with Crippen molar-refractivity contribution in [3.05, 3.63) is 12.7 Å². The van der Waals surface area contributed by atoms with E-state index in [0.717, 1.165) is 19.5 Å². The van der Waals surface area contributed by atoms with Gasteiger partial charge in [0, 0.05) is 24.7 Å². The zero-order valence-electron chi connectivity index (χ0n) is 12.4. The van der Waals surface area contributed by atoms with Crippen LogP contribution in [0.2, 0.25) is 0 Å². The van der Waals surface area contributed by atoms with Crippen LogP contribution in [0.1, 0.15) is 48.0 Å². The fourth-order valence-electron chi connectivity index (χ4n) is 1.19. The van der Waals surface area contributed by atoms with E-state index in [0.29, 0.717) is 6.04 Å². The normalized spacial score (nSPS) is 13.0. The van der Waals surface area contributed by atoms with Crippen LogP contribution >= 0.6 is 0 Å². The minimum Gasteiger partial charge on any atom is -0.309 e. The summed E-state index contributed by atoms with van der Waals surface area (Å²) in [7, 11) is 2.18. The second kappa shape index (κ2) is 9.86. The predicted octanol–water partition coefficient (Wildman–Crippen LogP) is 3.30. The van der Waals surface area contributed by atoms with Gasteiger partial charge in [-0.3, -0.25) is 4.90 Å². The Hall–Kier alpha value is -0.340. The minimum atomic E-state index is 0.253. The first-order valence-electron chi connectivity index (χ1n) is 6.47. The maximum Gasteiger partial charge on any atom is 0.0195 e. The number of rotatable bonds is 6. The Bertz CT molecular complexity index is 159. The van der Waals surface area contributed by atoms with E-state index in [1.807, 2.05) is 19.9 Å². The third-order valence-corrected chi connectivity index (χ3v) is 2.68. The van der Waals surface area contributed by atoms with E-state index in [1.54, 1.807) is 0 Å². The van der Waals surface area contributed by atoms with Crippen molar-refractivity contribution in [2.24, 2.45) is 0 Å². The highest BCUT2D eigenvalue weighted by atomic mass is 15.2. The molecular formula is C14H32N2. The number of hydrogen-bond donors (Lipinski definition) is 1. The fraction of sp³-hybridized carbons (Fsp3) is 0.857. The molecule has 0 aliphatic heterocycles. The standard InChI is InChI=1S/C12H26N2.C2H6/c1-7-9-13-11(8-2)10-14(6)12(3,4)5;1-2/h7,11,13H,1,8-10H2,2-6H3;1-2H3. The molecule has 1 atom stereocenters. The second-order valence-electron chi connectivity index (χ2n) is 4.85. The molecular weight excluding hydrogens is 196 g/mol. The Morgan fingerprint density at radius 1 is 1.31 bits per heavy atom. The number of nitrogens with zero attached hydrogens (tertiary/aromatic N) is 1. The molecule has 0 rings (SSSR count). The molecule has 2 nitrogen and oxygen atoms in total. The molecule has 0 aromatic rings. The van der Waals surface area contributed by atoms with Crippen LogP contribution in [0.15, 0.2) is 12.7 Å². The van der Waals surface area contributed by atoms with E-state index >= 15 is 0 Å². The molecule has 0 aromatic heterocycles. The molecule has 16 heavy (non-hydrogen) atoms. The SMILES string of the molecule is C=CCNC(CC)CN(C)C(C)(C)C.CC. The van der Waals surface area contributed by atoms with Crippen molar-refractivity contribution in [2.45, 2.75) is 59.5 Å². The van der Waals surface area contributed by atoms with Crippen molar-refractivity contribution in [3.8, 4) is 0 Å². The van der Waals surface area contributed by atoms with E-state index in [4.69, 9.17) is 0 Å². The average molecular weight is 228 g/mol. The number of nitrogens with one attached hydrogen (secondary N) is 1. The smallest absolute Gasteiger partial charge is 0.0195 e. The van der Waals surface area contributed by atoms with Gasteiger partial charge < -0.3 is 5.32 Å². The van der Waals surface area contributed by atoms with Gasteiger partial charge in [-0.15, -0.1) is 6.58 Å². The summed E-state index contributed by atoms with van der Waals surface area (Å²) in [6, 6.07) is 0.567. The molecule has 1 N–H and O–H groups in total. The Kier molecular flexibility index (Phi) is 11.1. The first-order chi connectivity index (χ1) is 7.41. The summed E-state index contributed by atoms with van der Waals surface area (Å²) in [6.45, 7) is 18.7. The summed E-state index contributed by atoms with van der Waals surface area (Å²) in [5.41, 5.74) is 0.253. The van der Waals surface area contributed by atoms with Crippen molar-refractivity contribution in [1.82, 2.24) is 10.2 Å². The van der Waals surface area contributed by atoms with E-state index < -0.39 is 0 Å². The maximum atomic E-state index is 3.72. The molecule has 0 saturated heterocycles. The van der Waals surface area contributed by atoms with Gasteiger partial charge in [0.15, 0.2) is 0 Å². The van der Waals surface area contributed by atoms with Gasteiger partial charge in [-0.25, -0.2) is 0 Å². The Morgan fingerprint density at radius 2 is 1.81 bits per heavy atom. The molecule has 0 radical (unpaired) electrons. The predicted molar refractivity (Wildman–Crippen MR) is 76.0 cm³/mol. The van der Waals surface area contributed by atoms with Gasteiger partial charge in [0.2, 0.25) is 0 Å². The van der Waals surface area contributed by atoms with Gasteiger partial charge in [0.1, 0.15) is 0 Å². The Morgan fingerprint density at radius 3 is 2.12 bits per heavy atom. The van der Waals surface area contributed by atoms with Crippen LogP contribution in [0.25, 0.3) is 0 Å². The lowest BCUT2D eigenvalue weighted by molar-refractivity contribution is 0.157. The Labute approximate surface area is 103 Å². The zero-order chi connectivity index (χ0) is 13.2. The van der Waals surface area contributed by atoms with Crippen LogP contribution in [0.4, 0.5) is 0 Å². The van der Waals surface area contributed by atoms with Gasteiger partial charge in [-0.1, -0.05) is 26.8 Å². The Balaban J connectivity index is 0. The topological polar surface area (TPSA) is 15.3 Å². The van der Waals surface area contributed by atoms with Gasteiger partial charge in [-0.2, -0.15) is 0 Å².